The van der Waals surface area contributed by atoms with Gasteiger partial charge < -0.3 is 14.5 Å². The van der Waals surface area contributed by atoms with Gasteiger partial charge in [-0.3, -0.25) is 4.79 Å². The number of carbonyl (C=O) groups excluding carboxylic acids is 1. The molecule has 0 radical (unpaired) electrons. The van der Waals surface area contributed by atoms with Crippen LogP contribution in [0.15, 0.2) is 71.1 Å². The van der Waals surface area contributed by atoms with Gasteiger partial charge in [-0.2, -0.15) is 0 Å². The maximum Gasteiger partial charge on any atom is 0.262 e. The summed E-state index contributed by atoms with van der Waals surface area (Å²) in [6.45, 7) is 3.72. The topological polar surface area (TPSA) is 77.2 Å². The molecule has 0 saturated carbocycles. The van der Waals surface area contributed by atoms with Crippen LogP contribution in [0.1, 0.15) is 22.6 Å². The number of aromatic nitrogens is 2. The Morgan fingerprint density at radius 1 is 1.00 bits per heavy atom. The van der Waals surface area contributed by atoms with Crippen LogP contribution in [-0.2, 0) is 11.2 Å². The third kappa shape index (κ3) is 5.34. The van der Waals surface area contributed by atoms with Crippen molar-refractivity contribution >= 4 is 23.2 Å². The minimum atomic E-state index is -0.243. The highest BCUT2D eigenvalue weighted by atomic mass is 35.5. The number of carbonyl (C=O) groups is 1. The van der Waals surface area contributed by atoms with Crippen LogP contribution in [-0.4, -0.2) is 22.7 Å². The number of benzene rings is 3. The van der Waals surface area contributed by atoms with Crippen molar-refractivity contribution in [2.45, 2.75) is 20.3 Å². The molecule has 0 atom stereocenters. The van der Waals surface area contributed by atoms with Crippen molar-refractivity contribution in [3.8, 4) is 17.2 Å². The molecule has 1 heterocycles. The number of rotatable bonds is 7. The molecule has 0 spiro atoms. The first-order valence-electron chi connectivity index (χ1n) is 10.1. The molecule has 7 heteroatoms. The van der Waals surface area contributed by atoms with E-state index in [2.05, 4.69) is 15.5 Å². The van der Waals surface area contributed by atoms with Gasteiger partial charge in [-0.15, -0.1) is 10.2 Å². The van der Waals surface area contributed by atoms with Crippen molar-refractivity contribution in [1.29, 1.82) is 0 Å². The zero-order chi connectivity index (χ0) is 22.5. The highest BCUT2D eigenvalue weighted by Crippen LogP contribution is 2.26. The summed E-state index contributed by atoms with van der Waals surface area (Å²) in [5.41, 5.74) is 4.39. The summed E-state index contributed by atoms with van der Waals surface area (Å²) in [5.74, 6) is 1.40. The number of hydrogen-bond acceptors (Lipinski definition) is 5. The number of nitrogens with zero attached hydrogens (tertiary/aromatic N) is 2. The fourth-order valence-electron chi connectivity index (χ4n) is 3.24. The monoisotopic (exact) mass is 447 g/mol. The van der Waals surface area contributed by atoms with Gasteiger partial charge in [0.2, 0.25) is 11.8 Å². The second kappa shape index (κ2) is 9.66. The van der Waals surface area contributed by atoms with Crippen LogP contribution in [0, 0.1) is 13.8 Å². The van der Waals surface area contributed by atoms with E-state index in [0.717, 1.165) is 22.3 Å². The Hall–Kier alpha value is -3.64. The van der Waals surface area contributed by atoms with Crippen LogP contribution in [0.3, 0.4) is 0 Å². The maximum atomic E-state index is 12.2. The molecule has 3 aromatic carbocycles. The summed E-state index contributed by atoms with van der Waals surface area (Å²) in [5, 5.41) is 11.8. The predicted octanol–water partition coefficient (Wildman–Crippen LogP) is 5.62. The molecule has 4 rings (SSSR count). The van der Waals surface area contributed by atoms with Crippen molar-refractivity contribution in [2.75, 3.05) is 11.9 Å². The SMILES string of the molecule is Cc1cc(OCC(=O)Nc2ccc(Cc3nnc(-c4ccccc4)o3)cc2)cc(C)c1Cl. The zero-order valence-corrected chi connectivity index (χ0v) is 18.5. The summed E-state index contributed by atoms with van der Waals surface area (Å²) >= 11 is 6.16. The number of halogens is 1. The van der Waals surface area contributed by atoms with Crippen LogP contribution in [0.4, 0.5) is 5.69 Å². The van der Waals surface area contributed by atoms with Crippen LogP contribution in [0.2, 0.25) is 5.02 Å². The van der Waals surface area contributed by atoms with Gasteiger partial charge in [0.1, 0.15) is 5.75 Å². The standard InChI is InChI=1S/C25H22ClN3O3/c1-16-12-21(13-17(2)24(16)26)31-15-22(30)27-20-10-8-18(9-11-20)14-23-28-29-25(32-23)19-6-4-3-5-7-19/h3-13H,14-15H2,1-2H3,(H,27,30). The largest absolute Gasteiger partial charge is 0.484 e. The molecule has 4 aromatic rings. The van der Waals surface area contributed by atoms with E-state index < -0.39 is 0 Å². The summed E-state index contributed by atoms with van der Waals surface area (Å²) in [7, 11) is 0. The van der Waals surface area contributed by atoms with Gasteiger partial charge >= 0.3 is 0 Å². The van der Waals surface area contributed by atoms with E-state index in [9.17, 15) is 4.79 Å². The first-order chi connectivity index (χ1) is 15.5. The summed E-state index contributed by atoms with van der Waals surface area (Å²) in [4.78, 5) is 12.2. The average Bonchev–Trinajstić information content (AvgIpc) is 3.26. The molecule has 0 bridgehead atoms. The number of amides is 1. The van der Waals surface area contributed by atoms with E-state index >= 15 is 0 Å². The number of ether oxygens (including phenoxy) is 1. The Bertz CT molecular complexity index is 1200. The van der Waals surface area contributed by atoms with Crippen LogP contribution >= 0.6 is 11.6 Å². The quantitative estimate of drug-likeness (QED) is 0.398. The molecule has 0 aliphatic carbocycles. The third-order valence-corrected chi connectivity index (χ3v) is 5.46. The second-order valence-corrected chi connectivity index (χ2v) is 7.83. The zero-order valence-electron chi connectivity index (χ0n) is 17.8. The van der Waals surface area contributed by atoms with Crippen LogP contribution in [0.5, 0.6) is 5.75 Å². The Morgan fingerprint density at radius 2 is 1.69 bits per heavy atom. The molecule has 0 aliphatic heterocycles. The first-order valence-corrected chi connectivity index (χ1v) is 10.5. The van der Waals surface area contributed by atoms with E-state index in [1.54, 1.807) is 0 Å². The van der Waals surface area contributed by atoms with Gasteiger partial charge in [-0.25, -0.2) is 0 Å². The number of hydrogen-bond donors (Lipinski definition) is 1. The summed E-state index contributed by atoms with van der Waals surface area (Å²) in [6.07, 6.45) is 0.506. The lowest BCUT2D eigenvalue weighted by molar-refractivity contribution is -0.118. The highest BCUT2D eigenvalue weighted by molar-refractivity contribution is 6.32. The lowest BCUT2D eigenvalue weighted by Gasteiger charge is -2.10. The lowest BCUT2D eigenvalue weighted by atomic mass is 10.1. The molecule has 1 aromatic heterocycles. The Kier molecular flexibility index (Phi) is 6.52. The fraction of sp³-hybridized carbons (Fsp3) is 0.160. The van der Waals surface area contributed by atoms with Crippen LogP contribution in [0.25, 0.3) is 11.5 Å². The molecule has 1 amide bonds. The van der Waals surface area contributed by atoms with Gasteiger partial charge in [0.15, 0.2) is 6.61 Å². The molecule has 1 N–H and O–H groups in total. The number of nitrogens with one attached hydrogen (secondary N) is 1. The average molecular weight is 448 g/mol. The summed E-state index contributed by atoms with van der Waals surface area (Å²) in [6, 6.07) is 20.8. The van der Waals surface area contributed by atoms with E-state index in [-0.39, 0.29) is 12.5 Å². The van der Waals surface area contributed by atoms with Crippen molar-refractivity contribution in [2.24, 2.45) is 0 Å². The Morgan fingerprint density at radius 3 is 2.38 bits per heavy atom. The van der Waals surface area contributed by atoms with Gasteiger partial charge in [-0.05, 0) is 66.9 Å². The molecule has 0 saturated heterocycles. The Labute approximate surface area is 191 Å². The predicted molar refractivity (Wildman–Crippen MR) is 124 cm³/mol. The van der Waals surface area contributed by atoms with E-state index in [0.29, 0.717) is 34.7 Å². The molecular weight excluding hydrogens is 426 g/mol. The second-order valence-electron chi connectivity index (χ2n) is 7.45. The van der Waals surface area contributed by atoms with E-state index in [1.807, 2.05) is 80.6 Å². The lowest BCUT2D eigenvalue weighted by Crippen LogP contribution is -2.20. The first kappa shape index (κ1) is 21.6. The Balaban J connectivity index is 1.31. The fourth-order valence-corrected chi connectivity index (χ4v) is 3.35. The normalized spacial score (nSPS) is 10.7. The van der Waals surface area contributed by atoms with Crippen molar-refractivity contribution in [1.82, 2.24) is 10.2 Å². The molecule has 0 unspecified atom stereocenters. The smallest absolute Gasteiger partial charge is 0.262 e. The minimum absolute atomic E-state index is 0.0908. The van der Waals surface area contributed by atoms with Crippen molar-refractivity contribution in [3.63, 3.8) is 0 Å². The number of aryl methyl sites for hydroxylation is 2. The molecule has 6 nitrogen and oxygen atoms in total. The maximum absolute atomic E-state index is 12.2. The van der Waals surface area contributed by atoms with Crippen molar-refractivity contribution in [3.05, 3.63) is 94.3 Å². The molecule has 0 aliphatic rings. The van der Waals surface area contributed by atoms with Gasteiger partial charge in [0.05, 0.1) is 6.42 Å². The third-order valence-electron chi connectivity index (χ3n) is 4.86. The molecular formula is C25H22ClN3O3. The van der Waals surface area contributed by atoms with Crippen molar-refractivity contribution < 1.29 is 13.9 Å². The summed E-state index contributed by atoms with van der Waals surface area (Å²) < 4.78 is 11.3. The molecule has 32 heavy (non-hydrogen) atoms. The van der Waals surface area contributed by atoms with Crippen LogP contribution < -0.4 is 10.1 Å². The van der Waals surface area contributed by atoms with Gasteiger partial charge in [0, 0.05) is 16.3 Å². The van der Waals surface area contributed by atoms with E-state index in [4.69, 9.17) is 20.8 Å². The van der Waals surface area contributed by atoms with Gasteiger partial charge in [0.25, 0.3) is 5.91 Å². The molecule has 162 valence electrons. The minimum Gasteiger partial charge on any atom is -0.484 e. The number of anilines is 1. The molecule has 0 fully saturated rings. The van der Waals surface area contributed by atoms with Gasteiger partial charge in [-0.1, -0.05) is 41.9 Å². The highest BCUT2D eigenvalue weighted by Gasteiger charge is 2.10. The van der Waals surface area contributed by atoms with E-state index in [1.165, 1.54) is 0 Å².